The van der Waals surface area contributed by atoms with E-state index in [1.54, 1.807) is 0 Å². The Balaban J connectivity index is 1.80. The molecule has 2 atom stereocenters. The Kier molecular flexibility index (Phi) is 4.18. The van der Waals surface area contributed by atoms with Crippen LogP contribution in [0.4, 0.5) is 0 Å². The van der Waals surface area contributed by atoms with Crippen LogP contribution in [0.5, 0.6) is 0 Å². The molecule has 0 radical (unpaired) electrons. The van der Waals surface area contributed by atoms with E-state index in [1.807, 2.05) is 11.3 Å². The minimum Gasteiger partial charge on any atom is -0.381 e. The van der Waals surface area contributed by atoms with E-state index in [0.29, 0.717) is 6.04 Å². The molecule has 84 valence electrons. The molecule has 1 fully saturated rings. The molecule has 0 amide bonds. The van der Waals surface area contributed by atoms with Crippen molar-refractivity contribution in [2.75, 3.05) is 20.3 Å². The van der Waals surface area contributed by atoms with E-state index in [4.69, 9.17) is 4.74 Å². The van der Waals surface area contributed by atoms with Gasteiger partial charge in [0.25, 0.3) is 0 Å². The van der Waals surface area contributed by atoms with Gasteiger partial charge < -0.3 is 10.1 Å². The summed E-state index contributed by atoms with van der Waals surface area (Å²) in [5.74, 6) is 0.718. The normalized spacial score (nSPS) is 23.1. The molecule has 1 aliphatic heterocycles. The molecule has 1 saturated heterocycles. The molecule has 2 nitrogen and oxygen atoms in total. The average Bonchev–Trinajstić information content (AvgIpc) is 2.90. The third-order valence-electron chi connectivity index (χ3n) is 3.19. The van der Waals surface area contributed by atoms with Crippen molar-refractivity contribution in [1.29, 1.82) is 0 Å². The molecule has 0 saturated carbocycles. The fraction of sp³-hybridized carbons (Fsp3) is 0.667. The summed E-state index contributed by atoms with van der Waals surface area (Å²) < 4.78 is 5.44. The minimum atomic E-state index is 0.620. The highest BCUT2D eigenvalue weighted by Gasteiger charge is 2.24. The fourth-order valence-corrected chi connectivity index (χ4v) is 2.96. The van der Waals surface area contributed by atoms with Gasteiger partial charge in [0.2, 0.25) is 0 Å². The van der Waals surface area contributed by atoms with Crippen LogP contribution in [0.25, 0.3) is 0 Å². The predicted molar refractivity (Wildman–Crippen MR) is 64.4 cm³/mol. The lowest BCUT2D eigenvalue weighted by atomic mass is 9.95. The molecule has 15 heavy (non-hydrogen) atoms. The maximum atomic E-state index is 5.44. The van der Waals surface area contributed by atoms with Crippen LogP contribution in [0.1, 0.15) is 17.7 Å². The van der Waals surface area contributed by atoms with E-state index in [1.165, 1.54) is 24.1 Å². The number of nitrogens with one attached hydrogen (secondary N) is 1. The topological polar surface area (TPSA) is 21.3 Å². The van der Waals surface area contributed by atoms with Crippen LogP contribution in [-0.4, -0.2) is 26.3 Å². The summed E-state index contributed by atoms with van der Waals surface area (Å²) in [5, 5.41) is 5.59. The highest BCUT2D eigenvalue weighted by atomic mass is 32.1. The van der Waals surface area contributed by atoms with Gasteiger partial charge in [-0.1, -0.05) is 6.07 Å². The van der Waals surface area contributed by atoms with Crippen LogP contribution in [0, 0.1) is 5.92 Å². The average molecular weight is 225 g/mol. The maximum Gasteiger partial charge on any atom is 0.0510 e. The molecule has 0 aromatic carbocycles. The number of ether oxygens (including phenoxy) is 1. The predicted octanol–water partition coefficient (Wildman–Crippen LogP) is 2.31. The summed E-state index contributed by atoms with van der Waals surface area (Å²) in [6.45, 7) is 1.89. The van der Waals surface area contributed by atoms with Crippen LogP contribution >= 0.6 is 11.3 Å². The van der Waals surface area contributed by atoms with Gasteiger partial charge in [-0.2, -0.15) is 0 Å². The molecule has 2 rings (SSSR count). The molecular weight excluding hydrogens is 206 g/mol. The molecule has 1 aromatic heterocycles. The second-order valence-corrected chi connectivity index (χ2v) is 5.17. The molecule has 2 unspecified atom stereocenters. The third-order valence-corrected chi connectivity index (χ3v) is 4.12. The summed E-state index contributed by atoms with van der Waals surface area (Å²) in [6.07, 6.45) is 3.64. The first-order valence-corrected chi connectivity index (χ1v) is 6.55. The Morgan fingerprint density at radius 1 is 1.67 bits per heavy atom. The third kappa shape index (κ3) is 3.03. The van der Waals surface area contributed by atoms with Gasteiger partial charge in [0.15, 0.2) is 0 Å². The lowest BCUT2D eigenvalue weighted by molar-refractivity contribution is 0.176. The van der Waals surface area contributed by atoms with E-state index in [-0.39, 0.29) is 0 Å². The summed E-state index contributed by atoms with van der Waals surface area (Å²) in [6, 6.07) is 4.98. The Morgan fingerprint density at radius 3 is 3.20 bits per heavy atom. The first kappa shape index (κ1) is 11.1. The zero-order valence-corrected chi connectivity index (χ0v) is 10.1. The molecule has 0 spiro atoms. The molecule has 1 N–H and O–H groups in total. The Morgan fingerprint density at radius 2 is 2.60 bits per heavy atom. The lowest BCUT2D eigenvalue weighted by Crippen LogP contribution is -2.34. The van der Waals surface area contributed by atoms with Crippen molar-refractivity contribution in [2.45, 2.75) is 25.3 Å². The van der Waals surface area contributed by atoms with Crippen molar-refractivity contribution in [3.05, 3.63) is 22.4 Å². The van der Waals surface area contributed by atoms with Crippen molar-refractivity contribution in [1.82, 2.24) is 5.32 Å². The van der Waals surface area contributed by atoms with Crippen molar-refractivity contribution in [3.8, 4) is 0 Å². The SMILES string of the molecule is CNC(CCc1cccs1)C1CCOC1. The monoisotopic (exact) mass is 225 g/mol. The standard InChI is InChI=1S/C12H19NOS/c1-13-12(10-6-7-14-9-10)5-4-11-3-2-8-15-11/h2-3,8,10,12-13H,4-7,9H2,1H3. The van der Waals surface area contributed by atoms with Gasteiger partial charge in [-0.25, -0.2) is 0 Å². The van der Waals surface area contributed by atoms with E-state index in [2.05, 4.69) is 29.9 Å². The van der Waals surface area contributed by atoms with Crippen LogP contribution < -0.4 is 5.32 Å². The van der Waals surface area contributed by atoms with Gasteiger partial charge in [-0.05, 0) is 43.7 Å². The Bertz CT molecular complexity index is 267. The number of thiophene rings is 1. The molecule has 3 heteroatoms. The van der Waals surface area contributed by atoms with Crippen molar-refractivity contribution in [2.24, 2.45) is 5.92 Å². The number of hydrogen-bond acceptors (Lipinski definition) is 3. The van der Waals surface area contributed by atoms with Crippen LogP contribution in [-0.2, 0) is 11.2 Å². The van der Waals surface area contributed by atoms with Gasteiger partial charge in [0, 0.05) is 17.5 Å². The van der Waals surface area contributed by atoms with Gasteiger partial charge in [-0.15, -0.1) is 11.3 Å². The molecular formula is C12H19NOS. The van der Waals surface area contributed by atoms with Gasteiger partial charge >= 0.3 is 0 Å². The Hall–Kier alpha value is -0.380. The smallest absolute Gasteiger partial charge is 0.0510 e. The zero-order chi connectivity index (χ0) is 10.5. The first-order valence-electron chi connectivity index (χ1n) is 5.67. The largest absolute Gasteiger partial charge is 0.381 e. The second kappa shape index (κ2) is 5.64. The van der Waals surface area contributed by atoms with Crippen LogP contribution in [0.15, 0.2) is 17.5 Å². The lowest BCUT2D eigenvalue weighted by Gasteiger charge is -2.21. The van der Waals surface area contributed by atoms with E-state index in [9.17, 15) is 0 Å². The fourth-order valence-electron chi connectivity index (χ4n) is 2.24. The maximum absolute atomic E-state index is 5.44. The van der Waals surface area contributed by atoms with Crippen LogP contribution in [0.3, 0.4) is 0 Å². The molecule has 2 heterocycles. The number of rotatable bonds is 5. The van der Waals surface area contributed by atoms with Crippen molar-refractivity contribution >= 4 is 11.3 Å². The second-order valence-electron chi connectivity index (χ2n) is 4.14. The van der Waals surface area contributed by atoms with Gasteiger partial charge in [-0.3, -0.25) is 0 Å². The number of hydrogen-bond donors (Lipinski definition) is 1. The summed E-state index contributed by atoms with van der Waals surface area (Å²) in [4.78, 5) is 1.49. The number of aryl methyl sites for hydroxylation is 1. The molecule has 0 bridgehead atoms. The summed E-state index contributed by atoms with van der Waals surface area (Å²) in [5.41, 5.74) is 0. The van der Waals surface area contributed by atoms with Gasteiger partial charge in [0.1, 0.15) is 0 Å². The van der Waals surface area contributed by atoms with E-state index >= 15 is 0 Å². The zero-order valence-electron chi connectivity index (χ0n) is 9.24. The molecule has 1 aromatic rings. The van der Waals surface area contributed by atoms with Crippen molar-refractivity contribution in [3.63, 3.8) is 0 Å². The highest BCUT2D eigenvalue weighted by Crippen LogP contribution is 2.21. The van der Waals surface area contributed by atoms with Crippen molar-refractivity contribution < 1.29 is 4.74 Å². The molecule has 0 aliphatic carbocycles. The quantitative estimate of drug-likeness (QED) is 0.830. The van der Waals surface area contributed by atoms with E-state index < -0.39 is 0 Å². The molecule has 1 aliphatic rings. The van der Waals surface area contributed by atoms with Crippen LogP contribution in [0.2, 0.25) is 0 Å². The summed E-state index contributed by atoms with van der Waals surface area (Å²) in [7, 11) is 2.07. The Labute approximate surface area is 95.6 Å². The minimum absolute atomic E-state index is 0.620. The highest BCUT2D eigenvalue weighted by molar-refractivity contribution is 7.09. The van der Waals surface area contributed by atoms with E-state index in [0.717, 1.165) is 19.1 Å². The first-order chi connectivity index (χ1) is 7.40. The summed E-state index contributed by atoms with van der Waals surface area (Å²) >= 11 is 1.86. The van der Waals surface area contributed by atoms with Gasteiger partial charge in [0.05, 0.1) is 6.61 Å².